The Morgan fingerprint density at radius 1 is 1.23 bits per heavy atom. The molecular formula is C19H17N3O4. The highest BCUT2D eigenvalue weighted by molar-refractivity contribution is 5.89. The molecule has 2 N–H and O–H groups in total. The number of nitrogens with zero attached hydrogens (tertiary/aromatic N) is 2. The van der Waals surface area contributed by atoms with Crippen LogP contribution in [0.25, 0.3) is 10.8 Å². The largest absolute Gasteiger partial charge is 0.503 e. The molecule has 0 radical (unpaired) electrons. The number of amides is 1. The van der Waals surface area contributed by atoms with Crippen molar-refractivity contribution in [1.82, 2.24) is 14.9 Å². The van der Waals surface area contributed by atoms with Crippen molar-refractivity contribution >= 4 is 16.9 Å². The zero-order valence-electron chi connectivity index (χ0n) is 13.9. The number of carbonyl (C=O) groups is 1. The van der Waals surface area contributed by atoms with E-state index >= 15 is 0 Å². The Hall–Kier alpha value is -3.35. The lowest BCUT2D eigenvalue weighted by atomic mass is 10.2. The third kappa shape index (κ3) is 3.23. The standard InChI is InChI=1S/C19H17N3O4/c23-16-14-8-9-22(11-12-4-2-1-3-5-12)18(24)15(14)10-20-17(16)26-19(25)21-13-6-7-13/h1-5,8-10,13,23H,6-7,11H2,(H,21,25). The number of fused-ring (bicyclic) bond motifs is 1. The molecule has 0 atom stereocenters. The van der Waals surface area contributed by atoms with Crippen molar-refractivity contribution < 1.29 is 14.6 Å². The van der Waals surface area contributed by atoms with Gasteiger partial charge in [-0.2, -0.15) is 0 Å². The molecule has 1 aliphatic carbocycles. The lowest BCUT2D eigenvalue weighted by Crippen LogP contribution is -2.29. The van der Waals surface area contributed by atoms with Crippen molar-refractivity contribution in [2.24, 2.45) is 0 Å². The van der Waals surface area contributed by atoms with Crippen LogP contribution in [-0.4, -0.2) is 26.8 Å². The Kier molecular flexibility index (Phi) is 4.04. The van der Waals surface area contributed by atoms with E-state index in [4.69, 9.17) is 4.74 Å². The van der Waals surface area contributed by atoms with Gasteiger partial charge in [0.15, 0.2) is 5.75 Å². The SMILES string of the molecule is O=C(NC1CC1)Oc1ncc2c(=O)n(Cc3ccccc3)ccc2c1O. The average Bonchev–Trinajstić information content (AvgIpc) is 3.45. The molecule has 26 heavy (non-hydrogen) atoms. The molecule has 0 saturated heterocycles. The molecular weight excluding hydrogens is 334 g/mol. The lowest BCUT2D eigenvalue weighted by Gasteiger charge is -2.10. The molecule has 2 heterocycles. The maximum atomic E-state index is 12.7. The fourth-order valence-corrected chi connectivity index (χ4v) is 2.71. The first kappa shape index (κ1) is 16.1. The number of aromatic nitrogens is 2. The summed E-state index contributed by atoms with van der Waals surface area (Å²) in [7, 11) is 0. The van der Waals surface area contributed by atoms with Crippen molar-refractivity contribution in [3.8, 4) is 11.6 Å². The number of hydrogen-bond donors (Lipinski definition) is 2. The summed E-state index contributed by atoms with van der Waals surface area (Å²) in [5.41, 5.74) is 0.714. The molecule has 1 amide bonds. The third-order valence-electron chi connectivity index (χ3n) is 4.26. The number of carbonyl (C=O) groups excluding carboxylic acids is 1. The molecule has 2 aromatic heterocycles. The van der Waals surface area contributed by atoms with Gasteiger partial charge in [-0.05, 0) is 24.5 Å². The molecule has 4 rings (SSSR count). The molecule has 1 aliphatic rings. The van der Waals surface area contributed by atoms with E-state index in [1.165, 1.54) is 6.20 Å². The first-order valence-electron chi connectivity index (χ1n) is 8.35. The van der Waals surface area contributed by atoms with Crippen LogP contribution in [0.1, 0.15) is 18.4 Å². The van der Waals surface area contributed by atoms with Gasteiger partial charge in [-0.15, -0.1) is 0 Å². The van der Waals surface area contributed by atoms with Gasteiger partial charge >= 0.3 is 6.09 Å². The van der Waals surface area contributed by atoms with E-state index in [1.807, 2.05) is 30.3 Å². The Balaban J connectivity index is 1.64. The van der Waals surface area contributed by atoms with Gasteiger partial charge in [0, 0.05) is 23.8 Å². The Bertz CT molecular complexity index is 1030. The fraction of sp³-hybridized carbons (Fsp3) is 0.211. The van der Waals surface area contributed by atoms with Crippen molar-refractivity contribution in [3.63, 3.8) is 0 Å². The minimum Gasteiger partial charge on any atom is -0.503 e. The van der Waals surface area contributed by atoms with Crippen LogP contribution in [0.15, 0.2) is 53.6 Å². The number of aromatic hydroxyl groups is 1. The Labute approximate surface area is 148 Å². The maximum Gasteiger partial charge on any atom is 0.414 e. The molecule has 1 fully saturated rings. The van der Waals surface area contributed by atoms with Gasteiger partial charge in [-0.1, -0.05) is 30.3 Å². The molecule has 1 aromatic carbocycles. The van der Waals surface area contributed by atoms with Crippen LogP contribution < -0.4 is 15.6 Å². The van der Waals surface area contributed by atoms with Crippen molar-refractivity contribution in [3.05, 3.63) is 64.7 Å². The van der Waals surface area contributed by atoms with Crippen molar-refractivity contribution in [2.45, 2.75) is 25.4 Å². The minimum absolute atomic E-state index is 0.135. The van der Waals surface area contributed by atoms with Gasteiger partial charge in [0.2, 0.25) is 0 Å². The maximum absolute atomic E-state index is 12.7. The van der Waals surface area contributed by atoms with E-state index in [0.717, 1.165) is 18.4 Å². The third-order valence-corrected chi connectivity index (χ3v) is 4.26. The van der Waals surface area contributed by atoms with Crippen LogP contribution >= 0.6 is 0 Å². The van der Waals surface area contributed by atoms with Gasteiger partial charge in [-0.3, -0.25) is 4.79 Å². The zero-order valence-corrected chi connectivity index (χ0v) is 13.9. The van der Waals surface area contributed by atoms with Crippen LogP contribution in [0.5, 0.6) is 11.6 Å². The summed E-state index contributed by atoms with van der Waals surface area (Å²) in [6.45, 7) is 0.415. The summed E-state index contributed by atoms with van der Waals surface area (Å²) in [5, 5.41) is 13.5. The molecule has 0 spiro atoms. The molecule has 132 valence electrons. The average molecular weight is 351 g/mol. The molecule has 3 aromatic rings. The van der Waals surface area contributed by atoms with E-state index in [2.05, 4.69) is 10.3 Å². The fourth-order valence-electron chi connectivity index (χ4n) is 2.71. The first-order chi connectivity index (χ1) is 12.6. The molecule has 0 aliphatic heterocycles. The second-order valence-corrected chi connectivity index (χ2v) is 6.28. The van der Waals surface area contributed by atoms with Gasteiger partial charge in [0.25, 0.3) is 11.4 Å². The normalized spacial score (nSPS) is 13.5. The van der Waals surface area contributed by atoms with Gasteiger partial charge in [0.1, 0.15) is 0 Å². The highest BCUT2D eigenvalue weighted by Gasteiger charge is 2.25. The van der Waals surface area contributed by atoms with Crippen molar-refractivity contribution in [2.75, 3.05) is 0 Å². The second-order valence-electron chi connectivity index (χ2n) is 6.28. The van der Waals surface area contributed by atoms with Gasteiger partial charge in [-0.25, -0.2) is 9.78 Å². The molecule has 1 saturated carbocycles. The summed E-state index contributed by atoms with van der Waals surface area (Å²) in [5.74, 6) is -0.534. The monoisotopic (exact) mass is 351 g/mol. The Morgan fingerprint density at radius 3 is 2.73 bits per heavy atom. The highest BCUT2D eigenvalue weighted by atomic mass is 16.6. The minimum atomic E-state index is -0.660. The molecule has 7 heteroatoms. The van der Waals surface area contributed by atoms with Crippen LogP contribution in [0.4, 0.5) is 4.79 Å². The van der Waals surface area contributed by atoms with Crippen LogP contribution in [0.2, 0.25) is 0 Å². The Morgan fingerprint density at radius 2 is 2.00 bits per heavy atom. The summed E-state index contributed by atoms with van der Waals surface area (Å²) in [4.78, 5) is 28.3. The van der Waals surface area contributed by atoms with E-state index in [1.54, 1.807) is 16.8 Å². The number of pyridine rings is 2. The number of hydrogen-bond acceptors (Lipinski definition) is 5. The van der Waals surface area contributed by atoms with Crippen LogP contribution in [0.3, 0.4) is 0 Å². The number of rotatable bonds is 4. The van der Waals surface area contributed by atoms with E-state index in [-0.39, 0.29) is 28.6 Å². The van der Waals surface area contributed by atoms with Crippen LogP contribution in [-0.2, 0) is 6.54 Å². The summed E-state index contributed by atoms with van der Waals surface area (Å²) < 4.78 is 6.59. The zero-order chi connectivity index (χ0) is 18.1. The lowest BCUT2D eigenvalue weighted by molar-refractivity contribution is 0.196. The predicted octanol–water partition coefficient (Wildman–Crippen LogP) is 2.40. The molecule has 0 bridgehead atoms. The van der Waals surface area contributed by atoms with E-state index < -0.39 is 6.09 Å². The number of ether oxygens (including phenoxy) is 1. The van der Waals surface area contributed by atoms with E-state index in [0.29, 0.717) is 11.9 Å². The summed E-state index contributed by atoms with van der Waals surface area (Å²) in [6, 6.07) is 11.3. The second kappa shape index (κ2) is 6.51. The number of nitrogens with one attached hydrogen (secondary N) is 1. The number of benzene rings is 1. The smallest absolute Gasteiger partial charge is 0.414 e. The quantitative estimate of drug-likeness (QED) is 0.753. The molecule has 0 unspecified atom stereocenters. The predicted molar refractivity (Wildman–Crippen MR) is 95.4 cm³/mol. The highest BCUT2D eigenvalue weighted by Crippen LogP contribution is 2.31. The topological polar surface area (TPSA) is 93.5 Å². The van der Waals surface area contributed by atoms with Crippen LogP contribution in [0, 0.1) is 0 Å². The van der Waals surface area contributed by atoms with E-state index in [9.17, 15) is 14.7 Å². The first-order valence-corrected chi connectivity index (χ1v) is 8.35. The van der Waals surface area contributed by atoms with Crippen molar-refractivity contribution in [1.29, 1.82) is 0 Å². The summed E-state index contributed by atoms with van der Waals surface area (Å²) >= 11 is 0. The molecule has 7 nitrogen and oxygen atoms in total. The summed E-state index contributed by atoms with van der Waals surface area (Å²) in [6.07, 6.45) is 4.11. The van der Waals surface area contributed by atoms with Gasteiger partial charge in [0.05, 0.1) is 11.9 Å². The van der Waals surface area contributed by atoms with Gasteiger partial charge < -0.3 is 19.7 Å².